The van der Waals surface area contributed by atoms with Crippen LogP contribution in [0.5, 0.6) is 0 Å². The normalized spacial score (nSPS) is 10.2. The highest BCUT2D eigenvalue weighted by molar-refractivity contribution is 7.98. The molecule has 1 aromatic carbocycles. The predicted molar refractivity (Wildman–Crippen MR) is 62.4 cm³/mol. The van der Waals surface area contributed by atoms with Gasteiger partial charge in [0, 0.05) is 22.8 Å². The zero-order valence-corrected chi connectivity index (χ0v) is 9.91. The van der Waals surface area contributed by atoms with Gasteiger partial charge in [-0.15, -0.1) is 23.4 Å². The molecule has 1 aromatic rings. The summed E-state index contributed by atoms with van der Waals surface area (Å²) in [6.07, 6.45) is 2.52. The number of halogens is 1. The Bertz CT molecular complexity index is 336. The molecule has 0 spiro atoms. The summed E-state index contributed by atoms with van der Waals surface area (Å²) >= 11 is 7.32. The predicted octanol–water partition coefficient (Wildman–Crippen LogP) is 3.74. The molecule has 0 aliphatic rings. The Morgan fingerprint density at radius 1 is 1.50 bits per heavy atom. The maximum Gasteiger partial charge on any atom is 0.163 e. The van der Waals surface area contributed by atoms with Crippen LogP contribution in [0.1, 0.15) is 29.3 Å². The summed E-state index contributed by atoms with van der Waals surface area (Å²) in [5, 5.41) is 0. The van der Waals surface area contributed by atoms with Crippen LogP contribution in [0.2, 0.25) is 0 Å². The van der Waals surface area contributed by atoms with Gasteiger partial charge >= 0.3 is 0 Å². The lowest BCUT2D eigenvalue weighted by Crippen LogP contribution is -1.99. The molecule has 0 amide bonds. The molecule has 0 N–H and O–H groups in total. The summed E-state index contributed by atoms with van der Waals surface area (Å²) in [7, 11) is 0. The standard InChI is InChI=1S/C11H13ClOS/c1-3-10(13)9-6-8(7-12)4-5-11(9)14-2/h4-6H,3,7H2,1-2H3. The molecule has 3 heteroatoms. The van der Waals surface area contributed by atoms with E-state index in [4.69, 9.17) is 11.6 Å². The van der Waals surface area contributed by atoms with Crippen LogP contribution in [-0.2, 0) is 5.88 Å². The molecular formula is C11H13ClOS. The van der Waals surface area contributed by atoms with Gasteiger partial charge in [0.1, 0.15) is 0 Å². The van der Waals surface area contributed by atoms with E-state index in [1.165, 1.54) is 0 Å². The zero-order chi connectivity index (χ0) is 10.6. The van der Waals surface area contributed by atoms with Crippen molar-refractivity contribution in [2.45, 2.75) is 24.1 Å². The van der Waals surface area contributed by atoms with Crippen LogP contribution in [0, 0.1) is 0 Å². The second kappa shape index (κ2) is 5.42. The van der Waals surface area contributed by atoms with Gasteiger partial charge in [-0.25, -0.2) is 0 Å². The van der Waals surface area contributed by atoms with Gasteiger partial charge in [-0.1, -0.05) is 13.0 Å². The van der Waals surface area contributed by atoms with E-state index in [0.717, 1.165) is 16.0 Å². The maximum absolute atomic E-state index is 11.6. The van der Waals surface area contributed by atoms with Crippen molar-refractivity contribution in [2.75, 3.05) is 6.26 Å². The second-order valence-corrected chi connectivity index (χ2v) is 4.06. The Morgan fingerprint density at radius 3 is 2.71 bits per heavy atom. The Labute approximate surface area is 93.8 Å². The van der Waals surface area contributed by atoms with Gasteiger partial charge in [-0.3, -0.25) is 4.79 Å². The Kier molecular flexibility index (Phi) is 4.49. The number of rotatable bonds is 4. The van der Waals surface area contributed by atoms with Crippen molar-refractivity contribution in [3.63, 3.8) is 0 Å². The molecule has 0 heterocycles. The number of hydrogen-bond acceptors (Lipinski definition) is 2. The van der Waals surface area contributed by atoms with Gasteiger partial charge < -0.3 is 0 Å². The lowest BCUT2D eigenvalue weighted by molar-refractivity contribution is 0.0985. The van der Waals surface area contributed by atoms with Gasteiger partial charge in [0.05, 0.1) is 0 Å². The maximum atomic E-state index is 11.6. The number of ketones is 1. The van der Waals surface area contributed by atoms with Gasteiger partial charge in [-0.2, -0.15) is 0 Å². The number of thioether (sulfide) groups is 1. The van der Waals surface area contributed by atoms with Crippen molar-refractivity contribution < 1.29 is 4.79 Å². The Balaban J connectivity index is 3.14. The minimum Gasteiger partial charge on any atom is -0.294 e. The summed E-state index contributed by atoms with van der Waals surface area (Å²) in [6, 6.07) is 5.82. The van der Waals surface area contributed by atoms with Crippen LogP contribution in [0.25, 0.3) is 0 Å². The summed E-state index contributed by atoms with van der Waals surface area (Å²) in [4.78, 5) is 12.6. The lowest BCUT2D eigenvalue weighted by Gasteiger charge is -2.06. The molecule has 1 nitrogen and oxygen atoms in total. The second-order valence-electron chi connectivity index (χ2n) is 2.94. The van der Waals surface area contributed by atoms with E-state index in [9.17, 15) is 4.79 Å². The molecule has 0 saturated carbocycles. The fourth-order valence-electron chi connectivity index (χ4n) is 1.25. The first-order valence-corrected chi connectivity index (χ1v) is 6.25. The third kappa shape index (κ3) is 2.52. The molecule has 0 aromatic heterocycles. The summed E-state index contributed by atoms with van der Waals surface area (Å²) in [5.41, 5.74) is 1.81. The van der Waals surface area contributed by atoms with Crippen LogP contribution in [-0.4, -0.2) is 12.0 Å². The molecule has 0 saturated heterocycles. The molecule has 0 fully saturated rings. The van der Waals surface area contributed by atoms with Gasteiger partial charge in [0.25, 0.3) is 0 Å². The van der Waals surface area contributed by atoms with Crippen LogP contribution < -0.4 is 0 Å². The smallest absolute Gasteiger partial charge is 0.163 e. The highest BCUT2D eigenvalue weighted by Gasteiger charge is 2.09. The first-order valence-electron chi connectivity index (χ1n) is 4.49. The third-order valence-corrected chi connectivity index (χ3v) is 3.14. The van der Waals surface area contributed by atoms with Crippen LogP contribution in [0.4, 0.5) is 0 Å². The third-order valence-electron chi connectivity index (χ3n) is 2.04. The van der Waals surface area contributed by atoms with Crippen LogP contribution in [0.3, 0.4) is 0 Å². The summed E-state index contributed by atoms with van der Waals surface area (Å²) in [5.74, 6) is 0.639. The minimum absolute atomic E-state index is 0.182. The van der Waals surface area contributed by atoms with E-state index >= 15 is 0 Å². The SMILES string of the molecule is CCC(=O)c1cc(CCl)ccc1SC. The summed E-state index contributed by atoms with van der Waals surface area (Å²) in [6.45, 7) is 1.87. The van der Waals surface area contributed by atoms with E-state index < -0.39 is 0 Å². The topological polar surface area (TPSA) is 17.1 Å². The number of carbonyl (C=O) groups excluding carboxylic acids is 1. The average Bonchev–Trinajstić information content (AvgIpc) is 2.27. The van der Waals surface area contributed by atoms with E-state index in [1.54, 1.807) is 11.8 Å². The molecule has 1 rings (SSSR count). The number of benzene rings is 1. The van der Waals surface area contributed by atoms with E-state index in [2.05, 4.69) is 0 Å². The monoisotopic (exact) mass is 228 g/mol. The number of carbonyl (C=O) groups is 1. The van der Waals surface area contributed by atoms with Crippen molar-refractivity contribution in [2.24, 2.45) is 0 Å². The van der Waals surface area contributed by atoms with Crippen molar-refractivity contribution in [3.05, 3.63) is 29.3 Å². The molecule has 0 aliphatic carbocycles. The number of alkyl halides is 1. The average molecular weight is 229 g/mol. The molecule has 0 atom stereocenters. The molecule has 14 heavy (non-hydrogen) atoms. The van der Waals surface area contributed by atoms with Gasteiger partial charge in [0.2, 0.25) is 0 Å². The fourth-order valence-corrected chi connectivity index (χ4v) is 2.01. The number of hydrogen-bond donors (Lipinski definition) is 0. The molecule has 0 aliphatic heterocycles. The van der Waals surface area contributed by atoms with Crippen LogP contribution >= 0.6 is 23.4 Å². The fraction of sp³-hybridized carbons (Fsp3) is 0.364. The van der Waals surface area contributed by atoms with Crippen molar-refractivity contribution >= 4 is 29.1 Å². The largest absolute Gasteiger partial charge is 0.294 e. The Hall–Kier alpha value is -0.470. The molecule has 0 bridgehead atoms. The van der Waals surface area contributed by atoms with Crippen molar-refractivity contribution in [1.29, 1.82) is 0 Å². The number of Topliss-reactive ketones (excluding diaryl/α,β-unsaturated/α-hetero) is 1. The van der Waals surface area contributed by atoms with Crippen molar-refractivity contribution in [3.8, 4) is 0 Å². The van der Waals surface area contributed by atoms with Gasteiger partial charge in [0.15, 0.2) is 5.78 Å². The first kappa shape index (κ1) is 11.6. The molecule has 0 radical (unpaired) electrons. The minimum atomic E-state index is 0.182. The van der Waals surface area contributed by atoms with Crippen LogP contribution in [0.15, 0.2) is 23.1 Å². The van der Waals surface area contributed by atoms with E-state index in [1.807, 2.05) is 31.4 Å². The molecule has 0 unspecified atom stereocenters. The van der Waals surface area contributed by atoms with Gasteiger partial charge in [-0.05, 0) is 24.0 Å². The van der Waals surface area contributed by atoms with E-state index in [-0.39, 0.29) is 5.78 Å². The molecular weight excluding hydrogens is 216 g/mol. The molecule has 76 valence electrons. The Morgan fingerprint density at radius 2 is 2.21 bits per heavy atom. The summed E-state index contributed by atoms with van der Waals surface area (Å²) < 4.78 is 0. The highest BCUT2D eigenvalue weighted by atomic mass is 35.5. The highest BCUT2D eigenvalue weighted by Crippen LogP contribution is 2.23. The lowest BCUT2D eigenvalue weighted by atomic mass is 10.1. The zero-order valence-electron chi connectivity index (χ0n) is 8.34. The van der Waals surface area contributed by atoms with Crippen molar-refractivity contribution in [1.82, 2.24) is 0 Å². The quantitative estimate of drug-likeness (QED) is 0.444. The first-order chi connectivity index (χ1) is 6.72. The van der Waals surface area contributed by atoms with E-state index in [0.29, 0.717) is 12.3 Å².